The van der Waals surface area contributed by atoms with Crippen molar-refractivity contribution < 1.29 is 18.4 Å². The van der Waals surface area contributed by atoms with Crippen molar-refractivity contribution in [2.45, 2.75) is 13.5 Å². The molecule has 0 radical (unpaired) electrons. The summed E-state index contributed by atoms with van der Waals surface area (Å²) >= 11 is 0. The van der Waals surface area contributed by atoms with Gasteiger partial charge < -0.3 is 19.5 Å². The zero-order valence-corrected chi connectivity index (χ0v) is 17.9. The molecule has 1 N–H and O–H groups in total. The lowest BCUT2D eigenvalue weighted by atomic mass is 10.1. The smallest absolute Gasteiger partial charge is 0.265 e. The third kappa shape index (κ3) is 4.66. The lowest BCUT2D eigenvalue weighted by molar-refractivity contribution is -0.123. The van der Waals surface area contributed by atoms with Gasteiger partial charge in [-0.3, -0.25) is 4.79 Å². The maximum atomic E-state index is 13.7. The molecule has 2 heterocycles. The molecule has 4 aromatic rings. The Morgan fingerprint density at radius 2 is 1.94 bits per heavy atom. The number of amides is 1. The minimum absolute atomic E-state index is 0.151. The van der Waals surface area contributed by atoms with Crippen LogP contribution < -0.4 is 15.0 Å². The van der Waals surface area contributed by atoms with Gasteiger partial charge in [-0.25, -0.2) is 4.39 Å². The van der Waals surface area contributed by atoms with E-state index >= 15 is 0 Å². The summed E-state index contributed by atoms with van der Waals surface area (Å²) in [4.78, 5) is 22.8. The predicted octanol–water partition coefficient (Wildman–Crippen LogP) is 3.49. The summed E-state index contributed by atoms with van der Waals surface area (Å²) < 4.78 is 24.7. The second kappa shape index (κ2) is 9.01. The molecule has 0 fully saturated rings. The number of nitrogens with one attached hydrogen (secondary N) is 1. The van der Waals surface area contributed by atoms with Gasteiger partial charge in [0, 0.05) is 31.9 Å². The molecule has 0 bridgehead atoms. The summed E-state index contributed by atoms with van der Waals surface area (Å²) in [5.41, 5.74) is 3.08. The van der Waals surface area contributed by atoms with E-state index in [2.05, 4.69) is 20.4 Å². The Hall–Kier alpha value is -4.01. The number of benzene rings is 2. The molecule has 2 aromatic heterocycles. The Labute approximate surface area is 184 Å². The summed E-state index contributed by atoms with van der Waals surface area (Å²) in [5, 5.41) is 7.20. The van der Waals surface area contributed by atoms with Gasteiger partial charge in [-0.1, -0.05) is 29.4 Å². The number of aryl methyl sites for hydroxylation is 1. The molecule has 1 amide bonds. The Kier molecular flexibility index (Phi) is 5.98. The van der Waals surface area contributed by atoms with Crippen LogP contribution in [0.3, 0.4) is 0 Å². The standard InChI is InChI=1S/C23H22FN5O3/c1-14-26-22(20-21(28-32-23(20)27-14)16-5-4-6-17(24)11-16)31-13-19(30)25-12-15-7-9-18(10-8-15)29(2)3/h4-11H,12-13H2,1-3H3,(H,25,30). The predicted molar refractivity (Wildman–Crippen MR) is 118 cm³/mol. The second-order valence-electron chi connectivity index (χ2n) is 7.42. The Morgan fingerprint density at radius 1 is 1.16 bits per heavy atom. The van der Waals surface area contributed by atoms with Crippen molar-refractivity contribution >= 4 is 22.7 Å². The van der Waals surface area contributed by atoms with Gasteiger partial charge in [0.1, 0.15) is 22.7 Å². The van der Waals surface area contributed by atoms with Gasteiger partial charge in [-0.2, -0.15) is 9.97 Å². The van der Waals surface area contributed by atoms with Crippen LogP contribution in [-0.2, 0) is 11.3 Å². The third-order valence-electron chi connectivity index (χ3n) is 4.80. The summed E-state index contributed by atoms with van der Waals surface area (Å²) in [7, 11) is 3.93. The molecule has 0 aliphatic carbocycles. The van der Waals surface area contributed by atoms with Crippen molar-refractivity contribution in [3.8, 4) is 17.1 Å². The monoisotopic (exact) mass is 435 g/mol. The highest BCUT2D eigenvalue weighted by Gasteiger charge is 2.20. The molecular formula is C23H22FN5O3. The quantitative estimate of drug-likeness (QED) is 0.475. The molecule has 0 unspecified atom stereocenters. The first-order chi connectivity index (χ1) is 15.4. The Balaban J connectivity index is 1.47. The maximum absolute atomic E-state index is 13.7. The highest BCUT2D eigenvalue weighted by molar-refractivity contribution is 5.93. The summed E-state index contributed by atoms with van der Waals surface area (Å²) in [6.07, 6.45) is 0. The zero-order chi connectivity index (χ0) is 22.7. The van der Waals surface area contributed by atoms with Crippen molar-refractivity contribution in [3.63, 3.8) is 0 Å². The minimum atomic E-state index is -0.410. The van der Waals surface area contributed by atoms with Crippen LogP contribution in [0, 0.1) is 12.7 Å². The number of rotatable bonds is 7. The lowest BCUT2D eigenvalue weighted by Gasteiger charge is -2.13. The van der Waals surface area contributed by atoms with E-state index in [1.54, 1.807) is 19.1 Å². The number of ether oxygens (including phenoxy) is 1. The molecule has 2 aromatic carbocycles. The van der Waals surface area contributed by atoms with Crippen LogP contribution in [0.1, 0.15) is 11.4 Å². The van der Waals surface area contributed by atoms with Gasteiger partial charge in [-0.05, 0) is 36.8 Å². The van der Waals surface area contributed by atoms with Crippen LogP contribution in [0.4, 0.5) is 10.1 Å². The van der Waals surface area contributed by atoms with E-state index in [1.165, 1.54) is 12.1 Å². The van der Waals surface area contributed by atoms with Gasteiger partial charge in [0.25, 0.3) is 11.6 Å². The summed E-state index contributed by atoms with van der Waals surface area (Å²) in [6.45, 7) is 1.79. The average Bonchev–Trinajstić information content (AvgIpc) is 3.20. The number of halogens is 1. The minimum Gasteiger partial charge on any atom is -0.467 e. The van der Waals surface area contributed by atoms with Gasteiger partial charge >= 0.3 is 0 Å². The van der Waals surface area contributed by atoms with Crippen molar-refractivity contribution in [3.05, 3.63) is 65.7 Å². The van der Waals surface area contributed by atoms with Crippen molar-refractivity contribution in [1.29, 1.82) is 0 Å². The van der Waals surface area contributed by atoms with Crippen LogP contribution in [-0.4, -0.2) is 41.7 Å². The normalized spacial score (nSPS) is 10.9. The van der Waals surface area contributed by atoms with E-state index in [1.807, 2.05) is 43.3 Å². The van der Waals surface area contributed by atoms with Crippen molar-refractivity contribution in [1.82, 2.24) is 20.4 Å². The second-order valence-corrected chi connectivity index (χ2v) is 7.42. The van der Waals surface area contributed by atoms with Crippen LogP contribution in [0.2, 0.25) is 0 Å². The third-order valence-corrected chi connectivity index (χ3v) is 4.80. The highest BCUT2D eigenvalue weighted by Crippen LogP contribution is 2.33. The Bertz CT molecular complexity index is 1250. The molecule has 0 spiro atoms. The van der Waals surface area contributed by atoms with E-state index in [0.29, 0.717) is 29.0 Å². The molecule has 9 heteroatoms. The number of carbonyl (C=O) groups excluding carboxylic acids is 1. The van der Waals surface area contributed by atoms with Gasteiger partial charge in [0.2, 0.25) is 5.88 Å². The lowest BCUT2D eigenvalue weighted by Crippen LogP contribution is -2.28. The molecule has 0 atom stereocenters. The van der Waals surface area contributed by atoms with E-state index in [9.17, 15) is 9.18 Å². The van der Waals surface area contributed by atoms with Crippen molar-refractivity contribution in [2.75, 3.05) is 25.6 Å². The van der Waals surface area contributed by atoms with Gasteiger partial charge in [0.05, 0.1) is 0 Å². The number of aromatic nitrogens is 3. The molecule has 164 valence electrons. The van der Waals surface area contributed by atoms with Crippen LogP contribution in [0.25, 0.3) is 22.4 Å². The molecule has 32 heavy (non-hydrogen) atoms. The largest absolute Gasteiger partial charge is 0.467 e. The molecule has 8 nitrogen and oxygen atoms in total. The summed E-state index contributed by atoms with van der Waals surface area (Å²) in [5.74, 6) is -0.170. The fourth-order valence-corrected chi connectivity index (χ4v) is 3.16. The first-order valence-electron chi connectivity index (χ1n) is 9.96. The average molecular weight is 435 g/mol. The fourth-order valence-electron chi connectivity index (χ4n) is 3.16. The number of hydrogen-bond donors (Lipinski definition) is 1. The molecule has 0 aliphatic heterocycles. The maximum Gasteiger partial charge on any atom is 0.265 e. The molecule has 0 saturated carbocycles. The molecule has 0 saturated heterocycles. The Morgan fingerprint density at radius 3 is 2.66 bits per heavy atom. The van der Waals surface area contributed by atoms with Gasteiger partial charge in [-0.15, -0.1) is 0 Å². The number of anilines is 1. The summed E-state index contributed by atoms with van der Waals surface area (Å²) in [6, 6.07) is 13.8. The van der Waals surface area contributed by atoms with Crippen LogP contribution in [0.5, 0.6) is 5.88 Å². The number of nitrogens with zero attached hydrogens (tertiary/aromatic N) is 4. The number of hydrogen-bond acceptors (Lipinski definition) is 7. The van der Waals surface area contributed by atoms with Crippen LogP contribution >= 0.6 is 0 Å². The topological polar surface area (TPSA) is 93.4 Å². The van der Waals surface area contributed by atoms with E-state index in [-0.39, 0.29) is 24.1 Å². The molecular weight excluding hydrogens is 413 g/mol. The first kappa shape index (κ1) is 21.2. The van der Waals surface area contributed by atoms with E-state index < -0.39 is 5.82 Å². The van der Waals surface area contributed by atoms with Crippen molar-refractivity contribution in [2.24, 2.45) is 0 Å². The highest BCUT2D eigenvalue weighted by atomic mass is 19.1. The first-order valence-corrected chi connectivity index (χ1v) is 9.96. The number of carbonyl (C=O) groups is 1. The fraction of sp³-hybridized carbons (Fsp3) is 0.217. The van der Waals surface area contributed by atoms with Gasteiger partial charge in [0.15, 0.2) is 6.61 Å². The zero-order valence-electron chi connectivity index (χ0n) is 17.9. The number of fused-ring (bicyclic) bond motifs is 1. The SMILES string of the molecule is Cc1nc(OCC(=O)NCc2ccc(N(C)C)cc2)c2c(-c3cccc(F)c3)noc2n1. The van der Waals surface area contributed by atoms with Crippen LogP contribution in [0.15, 0.2) is 53.1 Å². The van der Waals surface area contributed by atoms with E-state index in [4.69, 9.17) is 9.26 Å². The van der Waals surface area contributed by atoms with E-state index in [0.717, 1.165) is 11.3 Å². The molecule has 0 aliphatic rings. The molecule has 4 rings (SSSR count).